The first-order valence-corrected chi connectivity index (χ1v) is 5.74. The van der Waals surface area contributed by atoms with E-state index in [4.69, 9.17) is 11.6 Å². The number of halogens is 1. The summed E-state index contributed by atoms with van der Waals surface area (Å²) in [6.45, 7) is 6.98. The summed E-state index contributed by atoms with van der Waals surface area (Å²) in [5.41, 5.74) is 0. The largest absolute Gasteiger partial charge is 0.123 e. The molecule has 1 saturated carbocycles. The maximum absolute atomic E-state index is 6.20. The van der Waals surface area contributed by atoms with Gasteiger partial charge in [-0.2, -0.15) is 0 Å². The van der Waals surface area contributed by atoms with Gasteiger partial charge in [0.05, 0.1) is 0 Å². The van der Waals surface area contributed by atoms with Crippen LogP contribution < -0.4 is 0 Å². The minimum Gasteiger partial charge on any atom is -0.123 e. The van der Waals surface area contributed by atoms with Gasteiger partial charge in [-0.05, 0) is 30.6 Å². The molecule has 0 amide bonds. The Morgan fingerprint density at radius 1 is 1.42 bits per heavy atom. The van der Waals surface area contributed by atoms with E-state index < -0.39 is 0 Å². The van der Waals surface area contributed by atoms with E-state index in [2.05, 4.69) is 20.8 Å². The van der Waals surface area contributed by atoms with Gasteiger partial charge in [-0.25, -0.2) is 0 Å². The Morgan fingerprint density at radius 3 is 2.50 bits per heavy atom. The Morgan fingerprint density at radius 2 is 2.08 bits per heavy atom. The highest BCUT2D eigenvalue weighted by atomic mass is 35.5. The molecule has 0 nitrogen and oxygen atoms in total. The van der Waals surface area contributed by atoms with Gasteiger partial charge < -0.3 is 0 Å². The third kappa shape index (κ3) is 2.16. The van der Waals surface area contributed by atoms with E-state index in [0.717, 1.165) is 17.8 Å². The third-order valence-electron chi connectivity index (χ3n) is 3.50. The maximum Gasteiger partial charge on any atom is 0.0364 e. The smallest absolute Gasteiger partial charge is 0.0364 e. The van der Waals surface area contributed by atoms with Crippen LogP contribution in [0.25, 0.3) is 0 Å². The quantitative estimate of drug-likeness (QED) is 0.586. The molecule has 0 saturated heterocycles. The van der Waals surface area contributed by atoms with Crippen LogP contribution in [0.5, 0.6) is 0 Å². The summed E-state index contributed by atoms with van der Waals surface area (Å²) in [5, 5.41) is 0.453. The molecule has 0 spiro atoms. The standard InChI is InChI=1S/C11H21Cl/c1-4-5-8(2)10-6-7-11(12)9(10)3/h8-11H,4-7H2,1-3H3. The molecular formula is C11H21Cl. The molecule has 0 N–H and O–H groups in total. The molecule has 72 valence electrons. The second-order valence-electron chi connectivity index (χ2n) is 4.38. The van der Waals surface area contributed by atoms with Crippen molar-refractivity contribution in [2.75, 3.05) is 0 Å². The van der Waals surface area contributed by atoms with E-state index in [1.807, 2.05) is 0 Å². The average molecular weight is 189 g/mol. The van der Waals surface area contributed by atoms with Crippen LogP contribution in [-0.2, 0) is 0 Å². The summed E-state index contributed by atoms with van der Waals surface area (Å²) in [4.78, 5) is 0. The molecule has 4 unspecified atom stereocenters. The van der Waals surface area contributed by atoms with Crippen molar-refractivity contribution in [2.24, 2.45) is 17.8 Å². The fourth-order valence-electron chi connectivity index (χ4n) is 2.62. The second-order valence-corrected chi connectivity index (χ2v) is 4.94. The Balaban J connectivity index is 2.41. The van der Waals surface area contributed by atoms with Crippen LogP contribution in [0.4, 0.5) is 0 Å². The number of rotatable bonds is 3. The summed E-state index contributed by atoms with van der Waals surface area (Å²) < 4.78 is 0. The monoisotopic (exact) mass is 188 g/mol. The van der Waals surface area contributed by atoms with Crippen molar-refractivity contribution >= 4 is 11.6 Å². The Kier molecular flexibility index (Phi) is 3.89. The maximum atomic E-state index is 6.20. The lowest BCUT2D eigenvalue weighted by atomic mass is 9.83. The van der Waals surface area contributed by atoms with E-state index in [0.29, 0.717) is 5.38 Å². The zero-order valence-electron chi connectivity index (χ0n) is 8.52. The summed E-state index contributed by atoms with van der Waals surface area (Å²) in [5.74, 6) is 2.52. The normalized spacial score (nSPS) is 38.5. The van der Waals surface area contributed by atoms with Gasteiger partial charge in [-0.15, -0.1) is 11.6 Å². The van der Waals surface area contributed by atoms with Gasteiger partial charge in [0.25, 0.3) is 0 Å². The summed E-state index contributed by atoms with van der Waals surface area (Å²) in [6, 6.07) is 0. The first-order chi connectivity index (χ1) is 5.66. The third-order valence-corrected chi connectivity index (χ3v) is 4.11. The van der Waals surface area contributed by atoms with Gasteiger partial charge in [-0.3, -0.25) is 0 Å². The molecule has 0 aromatic rings. The topological polar surface area (TPSA) is 0 Å². The zero-order valence-corrected chi connectivity index (χ0v) is 9.27. The highest BCUT2D eigenvalue weighted by molar-refractivity contribution is 6.20. The Labute approximate surface area is 81.7 Å². The fourth-order valence-corrected chi connectivity index (χ4v) is 2.93. The first kappa shape index (κ1) is 10.4. The van der Waals surface area contributed by atoms with E-state index in [1.165, 1.54) is 25.7 Å². The van der Waals surface area contributed by atoms with Crippen LogP contribution in [-0.4, -0.2) is 5.38 Å². The molecule has 0 bridgehead atoms. The lowest BCUT2D eigenvalue weighted by molar-refractivity contribution is 0.279. The highest BCUT2D eigenvalue weighted by Gasteiger charge is 2.33. The van der Waals surface area contributed by atoms with Gasteiger partial charge in [0.2, 0.25) is 0 Å². The van der Waals surface area contributed by atoms with Crippen molar-refractivity contribution in [3.63, 3.8) is 0 Å². The van der Waals surface area contributed by atoms with E-state index in [-0.39, 0.29) is 0 Å². The van der Waals surface area contributed by atoms with Crippen LogP contribution in [0.3, 0.4) is 0 Å². The molecule has 1 fully saturated rings. The lowest BCUT2D eigenvalue weighted by Gasteiger charge is -2.23. The van der Waals surface area contributed by atoms with Crippen molar-refractivity contribution in [3.05, 3.63) is 0 Å². The molecule has 0 aromatic carbocycles. The second kappa shape index (κ2) is 4.50. The minimum atomic E-state index is 0.453. The van der Waals surface area contributed by atoms with Gasteiger partial charge in [0, 0.05) is 5.38 Å². The molecule has 4 atom stereocenters. The summed E-state index contributed by atoms with van der Waals surface area (Å²) in [7, 11) is 0. The van der Waals surface area contributed by atoms with Crippen molar-refractivity contribution in [3.8, 4) is 0 Å². The number of hydrogen-bond donors (Lipinski definition) is 0. The minimum absolute atomic E-state index is 0.453. The van der Waals surface area contributed by atoms with Gasteiger partial charge in [-0.1, -0.05) is 33.6 Å². The molecule has 0 aliphatic heterocycles. The highest BCUT2D eigenvalue weighted by Crippen LogP contribution is 2.40. The predicted molar refractivity (Wildman–Crippen MR) is 55.6 cm³/mol. The van der Waals surface area contributed by atoms with Crippen LogP contribution in [0.15, 0.2) is 0 Å². The van der Waals surface area contributed by atoms with E-state index in [9.17, 15) is 0 Å². The molecular weight excluding hydrogens is 168 g/mol. The lowest BCUT2D eigenvalue weighted by Crippen LogP contribution is -2.17. The molecule has 0 heterocycles. The Bertz CT molecular complexity index is 133. The van der Waals surface area contributed by atoms with Gasteiger partial charge in [0.15, 0.2) is 0 Å². The summed E-state index contributed by atoms with van der Waals surface area (Å²) >= 11 is 6.20. The van der Waals surface area contributed by atoms with E-state index in [1.54, 1.807) is 0 Å². The molecule has 1 rings (SSSR count). The van der Waals surface area contributed by atoms with Crippen LogP contribution in [0.1, 0.15) is 46.5 Å². The van der Waals surface area contributed by atoms with Crippen molar-refractivity contribution in [1.82, 2.24) is 0 Å². The average Bonchev–Trinajstić information content (AvgIpc) is 2.34. The van der Waals surface area contributed by atoms with E-state index >= 15 is 0 Å². The van der Waals surface area contributed by atoms with Crippen LogP contribution in [0, 0.1) is 17.8 Å². The van der Waals surface area contributed by atoms with Crippen molar-refractivity contribution < 1.29 is 0 Å². The van der Waals surface area contributed by atoms with Crippen LogP contribution >= 0.6 is 11.6 Å². The fraction of sp³-hybridized carbons (Fsp3) is 1.00. The number of alkyl halides is 1. The van der Waals surface area contributed by atoms with Crippen LogP contribution in [0.2, 0.25) is 0 Å². The molecule has 1 heteroatoms. The molecule has 1 aliphatic rings. The molecule has 0 aromatic heterocycles. The zero-order chi connectivity index (χ0) is 9.14. The van der Waals surface area contributed by atoms with Crippen molar-refractivity contribution in [1.29, 1.82) is 0 Å². The van der Waals surface area contributed by atoms with Crippen molar-refractivity contribution in [2.45, 2.75) is 51.8 Å². The Hall–Kier alpha value is 0.290. The predicted octanol–water partition coefficient (Wildman–Crippen LogP) is 4.08. The summed E-state index contributed by atoms with van der Waals surface area (Å²) in [6.07, 6.45) is 5.29. The van der Waals surface area contributed by atoms with Gasteiger partial charge in [0.1, 0.15) is 0 Å². The molecule has 12 heavy (non-hydrogen) atoms. The SMILES string of the molecule is CCCC(C)C1CCC(Cl)C1C. The molecule has 0 radical (unpaired) electrons. The van der Waals surface area contributed by atoms with Gasteiger partial charge >= 0.3 is 0 Å². The number of hydrogen-bond acceptors (Lipinski definition) is 0. The molecule has 1 aliphatic carbocycles. The first-order valence-electron chi connectivity index (χ1n) is 5.30.